The number of nitrogens with one attached hydrogen (secondary N) is 1. The van der Waals surface area contributed by atoms with Crippen molar-refractivity contribution in [1.29, 1.82) is 0 Å². The number of hydrogen-bond acceptors (Lipinski definition) is 2. The van der Waals surface area contributed by atoms with Gasteiger partial charge in [0.15, 0.2) is 0 Å². The zero-order valence-corrected chi connectivity index (χ0v) is 12.1. The zero-order chi connectivity index (χ0) is 12.3. The van der Waals surface area contributed by atoms with E-state index < -0.39 is 10.0 Å². The maximum Gasteiger partial charge on any atom is 0.240 e. The van der Waals surface area contributed by atoms with Crippen molar-refractivity contribution in [2.24, 2.45) is 0 Å². The maximum atomic E-state index is 11.9. The second-order valence-electron chi connectivity index (χ2n) is 3.76. The van der Waals surface area contributed by atoms with Crippen LogP contribution in [0.1, 0.15) is 24.5 Å². The van der Waals surface area contributed by atoms with Crippen molar-refractivity contribution in [3.05, 3.63) is 27.7 Å². The van der Waals surface area contributed by atoms with Gasteiger partial charge in [-0.3, -0.25) is 0 Å². The maximum absolute atomic E-state index is 11.9. The van der Waals surface area contributed by atoms with Gasteiger partial charge in [-0.2, -0.15) is 0 Å². The van der Waals surface area contributed by atoms with Crippen LogP contribution in [0.15, 0.2) is 21.5 Å². The first-order valence-corrected chi connectivity index (χ1v) is 7.42. The van der Waals surface area contributed by atoms with E-state index in [1.165, 1.54) is 0 Å². The van der Waals surface area contributed by atoms with Gasteiger partial charge in [-0.1, -0.05) is 28.9 Å². The molecule has 0 spiro atoms. The molecule has 0 unspecified atom stereocenters. The SMILES string of the molecule is CCCNS(=O)(=O)c1cc(Br)c(C)cc1C. The Morgan fingerprint density at radius 1 is 1.25 bits per heavy atom. The van der Waals surface area contributed by atoms with Crippen molar-refractivity contribution in [2.75, 3.05) is 6.54 Å². The zero-order valence-electron chi connectivity index (χ0n) is 9.67. The van der Waals surface area contributed by atoms with Crippen molar-refractivity contribution in [3.8, 4) is 0 Å². The van der Waals surface area contributed by atoms with Gasteiger partial charge in [-0.05, 0) is 37.5 Å². The van der Waals surface area contributed by atoms with Crippen LogP contribution in [0.2, 0.25) is 0 Å². The highest BCUT2D eigenvalue weighted by Gasteiger charge is 2.17. The third kappa shape index (κ3) is 3.06. The smallest absolute Gasteiger partial charge is 0.211 e. The molecular weight excluding hydrogens is 290 g/mol. The van der Waals surface area contributed by atoms with Gasteiger partial charge < -0.3 is 0 Å². The fourth-order valence-electron chi connectivity index (χ4n) is 1.41. The summed E-state index contributed by atoms with van der Waals surface area (Å²) in [5.74, 6) is 0. The van der Waals surface area contributed by atoms with Crippen molar-refractivity contribution in [2.45, 2.75) is 32.1 Å². The van der Waals surface area contributed by atoms with E-state index in [4.69, 9.17) is 0 Å². The Labute approximate surface area is 105 Å². The number of rotatable bonds is 4. The van der Waals surface area contributed by atoms with Crippen LogP contribution in [0.4, 0.5) is 0 Å². The Morgan fingerprint density at radius 2 is 1.88 bits per heavy atom. The van der Waals surface area contributed by atoms with Crippen molar-refractivity contribution < 1.29 is 8.42 Å². The molecule has 1 rings (SSSR count). The van der Waals surface area contributed by atoms with Crippen LogP contribution in [0, 0.1) is 13.8 Å². The number of sulfonamides is 1. The third-order valence-electron chi connectivity index (χ3n) is 2.29. The van der Waals surface area contributed by atoms with Crippen LogP contribution < -0.4 is 4.72 Å². The third-order valence-corrected chi connectivity index (χ3v) is 4.75. The Balaban J connectivity index is 3.18. The van der Waals surface area contributed by atoms with Crippen LogP contribution in [0.5, 0.6) is 0 Å². The summed E-state index contributed by atoms with van der Waals surface area (Å²) >= 11 is 3.35. The first-order valence-electron chi connectivity index (χ1n) is 5.15. The molecule has 0 aliphatic heterocycles. The topological polar surface area (TPSA) is 46.2 Å². The summed E-state index contributed by atoms with van der Waals surface area (Å²) in [5.41, 5.74) is 1.80. The molecule has 0 saturated carbocycles. The minimum absolute atomic E-state index is 0.346. The molecule has 1 aromatic rings. The minimum Gasteiger partial charge on any atom is -0.211 e. The van der Waals surface area contributed by atoms with E-state index in [1.807, 2.05) is 19.9 Å². The highest BCUT2D eigenvalue weighted by atomic mass is 79.9. The molecule has 90 valence electrons. The predicted molar refractivity (Wildman–Crippen MR) is 69.1 cm³/mol. The summed E-state index contributed by atoms with van der Waals surface area (Å²) in [6.07, 6.45) is 0.783. The molecule has 0 radical (unpaired) electrons. The van der Waals surface area contributed by atoms with Crippen LogP contribution in [0.3, 0.4) is 0 Å². The molecule has 3 nitrogen and oxygen atoms in total. The summed E-state index contributed by atoms with van der Waals surface area (Å²) in [4.78, 5) is 0.346. The lowest BCUT2D eigenvalue weighted by Gasteiger charge is -2.10. The molecule has 1 N–H and O–H groups in total. The molecule has 0 aliphatic rings. The Morgan fingerprint density at radius 3 is 2.44 bits per heavy atom. The predicted octanol–water partition coefficient (Wildman–Crippen LogP) is 2.75. The molecule has 0 amide bonds. The average Bonchev–Trinajstić information content (AvgIpc) is 2.20. The number of benzene rings is 1. The summed E-state index contributed by atoms with van der Waals surface area (Å²) in [5, 5.41) is 0. The van der Waals surface area contributed by atoms with Gasteiger partial charge in [-0.25, -0.2) is 13.1 Å². The number of hydrogen-bond donors (Lipinski definition) is 1. The number of aryl methyl sites for hydroxylation is 2. The first-order chi connectivity index (χ1) is 7.38. The van der Waals surface area contributed by atoms with E-state index in [0.29, 0.717) is 11.4 Å². The highest BCUT2D eigenvalue weighted by molar-refractivity contribution is 9.10. The molecule has 0 aliphatic carbocycles. The summed E-state index contributed by atoms with van der Waals surface area (Å²) in [7, 11) is -3.37. The minimum atomic E-state index is -3.37. The van der Waals surface area contributed by atoms with Crippen molar-refractivity contribution >= 4 is 26.0 Å². The molecule has 0 fully saturated rings. The van der Waals surface area contributed by atoms with E-state index in [-0.39, 0.29) is 0 Å². The highest BCUT2D eigenvalue weighted by Crippen LogP contribution is 2.24. The van der Waals surface area contributed by atoms with Gasteiger partial charge in [0.05, 0.1) is 4.90 Å². The normalized spacial score (nSPS) is 11.8. The van der Waals surface area contributed by atoms with Gasteiger partial charge in [0.25, 0.3) is 0 Å². The second-order valence-corrected chi connectivity index (χ2v) is 6.35. The van der Waals surface area contributed by atoms with E-state index in [9.17, 15) is 8.42 Å². The molecule has 0 aromatic heterocycles. The second kappa shape index (κ2) is 5.29. The first kappa shape index (κ1) is 13.7. The average molecular weight is 306 g/mol. The van der Waals surface area contributed by atoms with Crippen molar-refractivity contribution in [3.63, 3.8) is 0 Å². The van der Waals surface area contributed by atoms with Gasteiger partial charge in [0.1, 0.15) is 0 Å². The Hall–Kier alpha value is -0.390. The lowest BCUT2D eigenvalue weighted by atomic mass is 10.2. The standard InChI is InChI=1S/C11H16BrNO2S/c1-4-5-13-16(14,15)11-7-10(12)8(2)6-9(11)3/h6-7,13H,4-5H2,1-3H3. The number of halogens is 1. The lowest BCUT2D eigenvalue weighted by Crippen LogP contribution is -2.25. The molecule has 16 heavy (non-hydrogen) atoms. The molecule has 0 saturated heterocycles. The largest absolute Gasteiger partial charge is 0.240 e. The molecule has 0 bridgehead atoms. The summed E-state index contributed by atoms with van der Waals surface area (Å²) < 4.78 is 27.3. The monoisotopic (exact) mass is 305 g/mol. The van der Waals surface area contributed by atoms with Gasteiger partial charge in [0.2, 0.25) is 10.0 Å². The fourth-order valence-corrected chi connectivity index (χ4v) is 3.29. The summed E-state index contributed by atoms with van der Waals surface area (Å²) in [6, 6.07) is 3.52. The Kier molecular flexibility index (Phi) is 4.52. The molecular formula is C11H16BrNO2S. The van der Waals surface area contributed by atoms with Crippen LogP contribution in [-0.2, 0) is 10.0 Å². The van der Waals surface area contributed by atoms with Crippen LogP contribution in [-0.4, -0.2) is 15.0 Å². The van der Waals surface area contributed by atoms with E-state index in [0.717, 1.165) is 22.0 Å². The van der Waals surface area contributed by atoms with Gasteiger partial charge in [0, 0.05) is 11.0 Å². The van der Waals surface area contributed by atoms with Gasteiger partial charge >= 0.3 is 0 Å². The molecule has 1 aromatic carbocycles. The molecule has 0 heterocycles. The van der Waals surface area contributed by atoms with Crippen LogP contribution >= 0.6 is 15.9 Å². The van der Waals surface area contributed by atoms with Crippen LogP contribution in [0.25, 0.3) is 0 Å². The van der Waals surface area contributed by atoms with E-state index >= 15 is 0 Å². The molecule has 0 atom stereocenters. The van der Waals surface area contributed by atoms with E-state index in [1.54, 1.807) is 13.0 Å². The quantitative estimate of drug-likeness (QED) is 0.930. The van der Waals surface area contributed by atoms with Gasteiger partial charge in [-0.15, -0.1) is 0 Å². The lowest BCUT2D eigenvalue weighted by molar-refractivity contribution is 0.580. The fraction of sp³-hybridized carbons (Fsp3) is 0.455. The summed E-state index contributed by atoms with van der Waals surface area (Å²) in [6.45, 7) is 6.14. The molecule has 5 heteroatoms. The van der Waals surface area contributed by atoms with Crippen molar-refractivity contribution in [1.82, 2.24) is 4.72 Å². The Bertz CT molecular complexity index is 483. The van der Waals surface area contributed by atoms with E-state index in [2.05, 4.69) is 20.7 Å².